The molecule has 0 bridgehead atoms. The van der Waals surface area contributed by atoms with Crippen molar-refractivity contribution in [2.45, 2.75) is 16.8 Å². The van der Waals surface area contributed by atoms with E-state index in [2.05, 4.69) is 0 Å². The second kappa shape index (κ2) is 4.57. The van der Waals surface area contributed by atoms with Crippen LogP contribution < -0.4 is 5.73 Å². The smallest absolute Gasteiger partial charge is 0.369 e. The van der Waals surface area contributed by atoms with Gasteiger partial charge in [-0.3, -0.25) is 4.79 Å². The first-order valence-corrected chi connectivity index (χ1v) is 4.81. The summed E-state index contributed by atoms with van der Waals surface area (Å²) >= 11 is -0.188. The molecule has 6 heteroatoms. The Morgan fingerprint density at radius 1 is 1.27 bits per heavy atom. The average Bonchev–Trinajstić information content (AvgIpc) is 2.05. The molecule has 82 valence electrons. The molecule has 0 aliphatic heterocycles. The lowest BCUT2D eigenvalue weighted by atomic mass is 10.1. The van der Waals surface area contributed by atoms with Gasteiger partial charge in [0, 0.05) is 4.90 Å². The zero-order valence-corrected chi connectivity index (χ0v) is 8.36. The molecule has 1 rings (SSSR count). The van der Waals surface area contributed by atoms with Crippen LogP contribution in [0, 0.1) is 0 Å². The molecule has 0 saturated carbocycles. The van der Waals surface area contributed by atoms with Crippen molar-refractivity contribution in [3.05, 3.63) is 29.8 Å². The standard InChI is InChI=1S/C9H8F3NOS/c10-9(11,12)15-7-3-1-6(2-4-7)5-8(13)14/h1-4H,5H2,(H2,13,14). The number of carbonyl (C=O) groups excluding carboxylic acids is 1. The number of amides is 1. The first kappa shape index (κ1) is 11.9. The third-order valence-corrected chi connectivity index (χ3v) is 2.27. The van der Waals surface area contributed by atoms with Crippen molar-refractivity contribution in [3.8, 4) is 0 Å². The normalized spacial score (nSPS) is 11.4. The highest BCUT2D eigenvalue weighted by Gasteiger charge is 2.28. The Kier molecular flexibility index (Phi) is 3.62. The van der Waals surface area contributed by atoms with Gasteiger partial charge in [-0.1, -0.05) is 12.1 Å². The first-order valence-electron chi connectivity index (χ1n) is 4.00. The number of hydrogen-bond donors (Lipinski definition) is 1. The summed E-state index contributed by atoms with van der Waals surface area (Å²) in [6.07, 6.45) is 0.0387. The highest BCUT2D eigenvalue weighted by Crippen LogP contribution is 2.36. The van der Waals surface area contributed by atoms with Gasteiger partial charge in [0.25, 0.3) is 0 Å². The van der Waals surface area contributed by atoms with Gasteiger partial charge in [0.2, 0.25) is 5.91 Å². The largest absolute Gasteiger partial charge is 0.446 e. The fourth-order valence-electron chi connectivity index (χ4n) is 1.01. The lowest BCUT2D eigenvalue weighted by molar-refractivity contribution is -0.117. The van der Waals surface area contributed by atoms with Crippen molar-refractivity contribution >= 4 is 17.7 Å². The molecule has 0 unspecified atom stereocenters. The molecule has 2 N–H and O–H groups in total. The number of rotatable bonds is 3. The monoisotopic (exact) mass is 235 g/mol. The molecule has 15 heavy (non-hydrogen) atoms. The van der Waals surface area contributed by atoms with E-state index in [1.807, 2.05) is 0 Å². The van der Waals surface area contributed by atoms with E-state index in [1.54, 1.807) is 0 Å². The van der Waals surface area contributed by atoms with E-state index in [-0.39, 0.29) is 23.1 Å². The molecule has 0 aromatic heterocycles. The lowest BCUT2D eigenvalue weighted by Gasteiger charge is -2.05. The Bertz CT molecular complexity index is 347. The van der Waals surface area contributed by atoms with Crippen LogP contribution in [-0.4, -0.2) is 11.4 Å². The van der Waals surface area contributed by atoms with Gasteiger partial charge >= 0.3 is 5.51 Å². The van der Waals surface area contributed by atoms with Gasteiger partial charge in [-0.15, -0.1) is 0 Å². The molecular weight excluding hydrogens is 227 g/mol. The Balaban J connectivity index is 2.68. The summed E-state index contributed by atoms with van der Waals surface area (Å²) in [7, 11) is 0. The molecule has 1 aromatic rings. The van der Waals surface area contributed by atoms with Gasteiger partial charge in [-0.25, -0.2) is 0 Å². The Labute approximate surface area is 88.6 Å². The molecule has 0 atom stereocenters. The number of carbonyl (C=O) groups is 1. The Morgan fingerprint density at radius 3 is 2.20 bits per heavy atom. The minimum Gasteiger partial charge on any atom is -0.369 e. The summed E-state index contributed by atoms with van der Waals surface area (Å²) in [4.78, 5) is 10.6. The van der Waals surface area contributed by atoms with E-state index >= 15 is 0 Å². The zero-order chi connectivity index (χ0) is 11.5. The number of alkyl halides is 3. The molecule has 0 aliphatic rings. The van der Waals surface area contributed by atoms with Crippen LogP contribution in [0.2, 0.25) is 0 Å². The number of thioether (sulfide) groups is 1. The van der Waals surface area contributed by atoms with Crippen molar-refractivity contribution < 1.29 is 18.0 Å². The number of nitrogens with two attached hydrogens (primary N) is 1. The summed E-state index contributed by atoms with van der Waals surface area (Å²) in [5.41, 5.74) is 1.26. The lowest BCUT2D eigenvalue weighted by Crippen LogP contribution is -2.13. The van der Waals surface area contributed by atoms with Crippen LogP contribution in [0.5, 0.6) is 0 Å². The molecule has 0 heterocycles. The van der Waals surface area contributed by atoms with Crippen LogP contribution in [0.25, 0.3) is 0 Å². The minimum absolute atomic E-state index is 0.0387. The third kappa shape index (κ3) is 4.73. The quantitative estimate of drug-likeness (QED) is 0.817. The van der Waals surface area contributed by atoms with Crippen molar-refractivity contribution in [3.63, 3.8) is 0 Å². The van der Waals surface area contributed by atoms with Crippen LogP contribution in [0.1, 0.15) is 5.56 Å². The van der Waals surface area contributed by atoms with Crippen LogP contribution >= 0.6 is 11.8 Å². The SMILES string of the molecule is NC(=O)Cc1ccc(SC(F)(F)F)cc1. The molecule has 0 fully saturated rings. The molecule has 2 nitrogen and oxygen atoms in total. The van der Waals surface area contributed by atoms with Crippen molar-refractivity contribution in [1.29, 1.82) is 0 Å². The van der Waals surface area contributed by atoms with Crippen LogP contribution in [0.3, 0.4) is 0 Å². The van der Waals surface area contributed by atoms with Crippen molar-refractivity contribution in [2.75, 3.05) is 0 Å². The van der Waals surface area contributed by atoms with Crippen LogP contribution in [0.4, 0.5) is 13.2 Å². The van der Waals surface area contributed by atoms with Gasteiger partial charge in [0.15, 0.2) is 0 Å². The third-order valence-electron chi connectivity index (χ3n) is 1.54. The highest BCUT2D eigenvalue weighted by atomic mass is 32.2. The molecule has 0 aliphatic carbocycles. The van der Waals surface area contributed by atoms with Gasteiger partial charge in [0.1, 0.15) is 0 Å². The van der Waals surface area contributed by atoms with Gasteiger partial charge in [-0.05, 0) is 29.5 Å². The summed E-state index contributed by atoms with van der Waals surface area (Å²) in [6, 6.07) is 5.55. The number of benzene rings is 1. The maximum atomic E-state index is 11.9. The van der Waals surface area contributed by atoms with E-state index < -0.39 is 11.4 Å². The fourth-order valence-corrected chi connectivity index (χ4v) is 1.55. The van der Waals surface area contributed by atoms with E-state index in [0.717, 1.165) is 0 Å². The highest BCUT2D eigenvalue weighted by molar-refractivity contribution is 8.00. The average molecular weight is 235 g/mol. The van der Waals surface area contributed by atoms with E-state index in [0.29, 0.717) is 5.56 Å². The minimum atomic E-state index is -4.29. The Morgan fingerprint density at radius 2 is 1.80 bits per heavy atom. The van der Waals surface area contributed by atoms with Crippen LogP contribution in [-0.2, 0) is 11.2 Å². The second-order valence-corrected chi connectivity index (χ2v) is 3.97. The molecule has 0 saturated heterocycles. The number of primary amides is 1. The van der Waals surface area contributed by atoms with Gasteiger partial charge in [0.05, 0.1) is 6.42 Å². The van der Waals surface area contributed by atoms with Gasteiger partial charge in [-0.2, -0.15) is 13.2 Å². The molecule has 1 aromatic carbocycles. The molecule has 0 spiro atoms. The first-order chi connectivity index (χ1) is 6.87. The van der Waals surface area contributed by atoms with E-state index in [9.17, 15) is 18.0 Å². The predicted octanol–water partition coefficient (Wildman–Crippen LogP) is 2.33. The Hall–Kier alpha value is -1.17. The van der Waals surface area contributed by atoms with Gasteiger partial charge < -0.3 is 5.73 Å². The maximum absolute atomic E-state index is 11.9. The molecule has 0 radical (unpaired) electrons. The number of hydrogen-bond acceptors (Lipinski definition) is 2. The fraction of sp³-hybridized carbons (Fsp3) is 0.222. The molecule has 1 amide bonds. The number of halogens is 3. The topological polar surface area (TPSA) is 43.1 Å². The summed E-state index contributed by atoms with van der Waals surface area (Å²) in [5, 5.41) is 0. The van der Waals surface area contributed by atoms with Crippen molar-refractivity contribution in [1.82, 2.24) is 0 Å². The molecular formula is C9H8F3NOS. The summed E-state index contributed by atoms with van der Waals surface area (Å²) < 4.78 is 35.8. The van der Waals surface area contributed by atoms with E-state index in [4.69, 9.17) is 5.73 Å². The summed E-state index contributed by atoms with van der Waals surface area (Å²) in [6.45, 7) is 0. The summed E-state index contributed by atoms with van der Waals surface area (Å²) in [5.74, 6) is -0.508. The van der Waals surface area contributed by atoms with Crippen LogP contribution in [0.15, 0.2) is 29.2 Å². The second-order valence-electron chi connectivity index (χ2n) is 2.83. The van der Waals surface area contributed by atoms with E-state index in [1.165, 1.54) is 24.3 Å². The van der Waals surface area contributed by atoms with Crippen molar-refractivity contribution in [2.24, 2.45) is 5.73 Å². The maximum Gasteiger partial charge on any atom is 0.446 e. The predicted molar refractivity (Wildman–Crippen MR) is 51.3 cm³/mol. The zero-order valence-electron chi connectivity index (χ0n) is 7.54.